The Morgan fingerprint density at radius 3 is 2.50 bits per heavy atom. The molecule has 0 bridgehead atoms. The molecule has 0 unspecified atom stereocenters. The van der Waals surface area contributed by atoms with E-state index in [-0.39, 0.29) is 29.8 Å². The first kappa shape index (κ1) is 28.1. The van der Waals surface area contributed by atoms with Crippen LogP contribution in [0.2, 0.25) is 0 Å². The zero-order valence-electron chi connectivity index (χ0n) is 23.1. The number of hydrogen-bond donors (Lipinski definition) is 2. The highest BCUT2D eigenvalue weighted by atomic mass is 32.2. The van der Waals surface area contributed by atoms with Crippen molar-refractivity contribution < 1.29 is 13.2 Å². The lowest BCUT2D eigenvalue weighted by molar-refractivity contribution is 0.0951. The summed E-state index contributed by atoms with van der Waals surface area (Å²) in [6.07, 6.45) is 3.26. The van der Waals surface area contributed by atoms with Gasteiger partial charge in [0.2, 0.25) is 10.0 Å². The quantitative estimate of drug-likeness (QED) is 0.418. The summed E-state index contributed by atoms with van der Waals surface area (Å²) in [5, 5.41) is 3.90. The number of carbonyl (C=O) groups is 1. The summed E-state index contributed by atoms with van der Waals surface area (Å²) in [6.45, 7) is 11.0. The maximum atomic E-state index is 13.6. The number of sulfonamides is 1. The fourth-order valence-electron chi connectivity index (χ4n) is 5.96. The van der Waals surface area contributed by atoms with Crippen LogP contribution in [-0.2, 0) is 23.0 Å². The van der Waals surface area contributed by atoms with Crippen molar-refractivity contribution in [3.05, 3.63) is 68.8 Å². The Morgan fingerprint density at radius 1 is 1.16 bits per heavy atom. The molecule has 1 aromatic carbocycles. The van der Waals surface area contributed by atoms with Crippen LogP contribution >= 0.6 is 0 Å². The molecule has 2 aromatic heterocycles. The Kier molecular flexibility index (Phi) is 8.47. The van der Waals surface area contributed by atoms with E-state index >= 15 is 0 Å². The number of aryl methyl sites for hydroxylation is 2. The van der Waals surface area contributed by atoms with Crippen molar-refractivity contribution in [2.45, 2.75) is 72.9 Å². The van der Waals surface area contributed by atoms with E-state index in [9.17, 15) is 18.0 Å². The molecule has 3 aromatic rings. The Bertz CT molecular complexity index is 1480. The van der Waals surface area contributed by atoms with Crippen LogP contribution in [0, 0.1) is 19.8 Å². The SMILES string of the molecule is CCCc1cc(C)[nH]c(=O)c1CNC(=O)c1c(C)n([C@H](C)C2CCN(S(=O)(=O)CC)CC2)c2ccccc12. The standard InChI is InChI=1S/C29H40N4O4S/c1-6-10-23-17-19(3)31-28(34)25(23)18-30-29(35)27-21(5)33(26-12-9-8-11-24(26)27)20(4)22-13-15-32(16-14-22)38(36,37)7-2/h8-9,11-12,17,20,22H,6-7,10,13-16,18H2,1-5H3,(H,30,35)(H,31,34)/t20-/m1/s1. The van der Waals surface area contributed by atoms with Gasteiger partial charge in [-0.15, -0.1) is 0 Å². The van der Waals surface area contributed by atoms with Gasteiger partial charge in [0.05, 0.1) is 11.3 Å². The monoisotopic (exact) mass is 540 g/mol. The molecule has 9 heteroatoms. The summed E-state index contributed by atoms with van der Waals surface area (Å²) in [4.78, 5) is 29.1. The summed E-state index contributed by atoms with van der Waals surface area (Å²) in [6, 6.07) is 10.0. The third kappa shape index (κ3) is 5.45. The zero-order valence-corrected chi connectivity index (χ0v) is 24.0. The number of H-pyrrole nitrogens is 1. The summed E-state index contributed by atoms with van der Waals surface area (Å²) in [7, 11) is -3.18. The number of nitrogens with zero attached hydrogens (tertiary/aromatic N) is 2. The van der Waals surface area contributed by atoms with E-state index < -0.39 is 10.0 Å². The largest absolute Gasteiger partial charge is 0.348 e. The van der Waals surface area contributed by atoms with Gasteiger partial charge in [-0.25, -0.2) is 12.7 Å². The predicted octanol–water partition coefficient (Wildman–Crippen LogP) is 4.45. The molecule has 1 aliphatic rings. The van der Waals surface area contributed by atoms with Gasteiger partial charge in [0.15, 0.2) is 0 Å². The summed E-state index contributed by atoms with van der Waals surface area (Å²) >= 11 is 0. The molecule has 8 nitrogen and oxygen atoms in total. The highest BCUT2D eigenvalue weighted by molar-refractivity contribution is 7.89. The Morgan fingerprint density at radius 2 is 1.84 bits per heavy atom. The van der Waals surface area contributed by atoms with Crippen molar-refractivity contribution in [1.82, 2.24) is 19.2 Å². The van der Waals surface area contributed by atoms with E-state index in [0.29, 0.717) is 30.1 Å². The van der Waals surface area contributed by atoms with Gasteiger partial charge in [0, 0.05) is 53.5 Å². The number of amides is 1. The van der Waals surface area contributed by atoms with Crippen molar-refractivity contribution in [3.63, 3.8) is 0 Å². The van der Waals surface area contributed by atoms with Crippen LogP contribution in [0.1, 0.15) is 78.9 Å². The molecular formula is C29H40N4O4S. The second kappa shape index (κ2) is 11.5. The van der Waals surface area contributed by atoms with Crippen LogP contribution in [0.5, 0.6) is 0 Å². The molecule has 0 aliphatic carbocycles. The number of nitrogens with one attached hydrogen (secondary N) is 2. The molecule has 2 N–H and O–H groups in total. The number of piperidine rings is 1. The number of aromatic amines is 1. The zero-order chi connectivity index (χ0) is 27.6. The maximum Gasteiger partial charge on any atom is 0.254 e. The number of rotatable bonds is 9. The smallest absolute Gasteiger partial charge is 0.254 e. The van der Waals surface area contributed by atoms with E-state index in [1.807, 2.05) is 44.2 Å². The van der Waals surface area contributed by atoms with Crippen LogP contribution in [0.4, 0.5) is 0 Å². The number of aromatic nitrogens is 2. The minimum absolute atomic E-state index is 0.101. The fourth-order valence-corrected chi connectivity index (χ4v) is 7.09. The van der Waals surface area contributed by atoms with Gasteiger partial charge >= 0.3 is 0 Å². The second-order valence-electron chi connectivity index (χ2n) is 10.4. The first-order valence-electron chi connectivity index (χ1n) is 13.7. The second-order valence-corrected chi connectivity index (χ2v) is 12.7. The number of benzene rings is 1. The topological polar surface area (TPSA) is 104 Å². The van der Waals surface area contributed by atoms with Crippen LogP contribution in [0.25, 0.3) is 10.9 Å². The number of fused-ring (bicyclic) bond motifs is 1. The highest BCUT2D eigenvalue weighted by Gasteiger charge is 2.32. The van der Waals surface area contributed by atoms with Crippen molar-refractivity contribution >= 4 is 26.8 Å². The molecule has 1 atom stereocenters. The summed E-state index contributed by atoms with van der Waals surface area (Å²) < 4.78 is 28.5. The Labute approximate surface area is 225 Å². The van der Waals surface area contributed by atoms with Gasteiger partial charge in [-0.3, -0.25) is 9.59 Å². The molecule has 0 radical (unpaired) electrons. The van der Waals surface area contributed by atoms with Gasteiger partial charge in [0.1, 0.15) is 0 Å². The average Bonchev–Trinajstić information content (AvgIpc) is 3.19. The van der Waals surface area contributed by atoms with Gasteiger partial charge in [0.25, 0.3) is 11.5 Å². The Balaban J connectivity index is 1.60. The molecule has 1 amide bonds. The lowest BCUT2D eigenvalue weighted by atomic mass is 9.91. The molecule has 206 valence electrons. The predicted molar refractivity (Wildman–Crippen MR) is 152 cm³/mol. The maximum absolute atomic E-state index is 13.6. The molecule has 4 rings (SSSR count). The summed E-state index contributed by atoms with van der Waals surface area (Å²) in [5.41, 5.74) is 4.74. The normalized spacial score (nSPS) is 16.1. The molecule has 0 spiro atoms. The molecule has 38 heavy (non-hydrogen) atoms. The molecule has 1 aliphatic heterocycles. The van der Waals surface area contributed by atoms with Gasteiger partial charge in [-0.1, -0.05) is 31.5 Å². The molecule has 0 saturated carbocycles. The van der Waals surface area contributed by atoms with E-state index in [1.54, 1.807) is 11.2 Å². The average molecular weight is 541 g/mol. The van der Waals surface area contributed by atoms with Crippen LogP contribution in [0.15, 0.2) is 35.1 Å². The minimum atomic E-state index is -3.18. The third-order valence-corrected chi connectivity index (χ3v) is 9.92. The first-order chi connectivity index (χ1) is 18.1. The van der Waals surface area contributed by atoms with Crippen molar-refractivity contribution in [2.24, 2.45) is 5.92 Å². The van der Waals surface area contributed by atoms with Crippen molar-refractivity contribution in [1.29, 1.82) is 0 Å². The number of carbonyl (C=O) groups excluding carboxylic acids is 1. The van der Waals surface area contributed by atoms with Gasteiger partial charge in [-0.05, 0) is 70.6 Å². The van der Waals surface area contributed by atoms with E-state index in [2.05, 4.69) is 28.7 Å². The third-order valence-electron chi connectivity index (χ3n) is 8.04. The van der Waals surface area contributed by atoms with Crippen molar-refractivity contribution in [3.8, 4) is 0 Å². The first-order valence-corrected chi connectivity index (χ1v) is 15.3. The fraction of sp³-hybridized carbons (Fsp3) is 0.517. The van der Waals surface area contributed by atoms with Gasteiger partial charge < -0.3 is 14.9 Å². The van der Waals surface area contributed by atoms with Crippen molar-refractivity contribution in [2.75, 3.05) is 18.8 Å². The van der Waals surface area contributed by atoms with E-state index in [1.165, 1.54) is 0 Å². The van der Waals surface area contributed by atoms with Crippen LogP contribution in [0.3, 0.4) is 0 Å². The molecular weight excluding hydrogens is 500 g/mol. The lowest BCUT2D eigenvalue weighted by Gasteiger charge is -2.35. The molecule has 3 heterocycles. The van der Waals surface area contributed by atoms with E-state index in [0.717, 1.165) is 53.5 Å². The Hall–Kier alpha value is -2.91. The molecule has 1 saturated heterocycles. The lowest BCUT2D eigenvalue weighted by Crippen LogP contribution is -2.40. The number of para-hydroxylation sites is 1. The van der Waals surface area contributed by atoms with Crippen LogP contribution < -0.4 is 10.9 Å². The van der Waals surface area contributed by atoms with Crippen LogP contribution in [-0.4, -0.2) is 47.0 Å². The van der Waals surface area contributed by atoms with E-state index in [4.69, 9.17) is 0 Å². The number of hydrogen-bond acceptors (Lipinski definition) is 4. The molecule has 1 fully saturated rings. The van der Waals surface area contributed by atoms with Gasteiger partial charge in [-0.2, -0.15) is 0 Å². The number of pyridine rings is 1. The summed E-state index contributed by atoms with van der Waals surface area (Å²) in [5.74, 6) is 0.226. The minimum Gasteiger partial charge on any atom is -0.348 e. The highest BCUT2D eigenvalue weighted by Crippen LogP contribution is 2.36.